The smallest absolute Gasteiger partial charge is 0.260 e. The molecule has 0 aliphatic heterocycles. The van der Waals surface area contributed by atoms with E-state index in [4.69, 9.17) is 15.5 Å². The highest BCUT2D eigenvalue weighted by atomic mass is 16.5. The number of ether oxygens (including phenoxy) is 1. The van der Waals surface area contributed by atoms with Crippen LogP contribution in [-0.2, 0) is 0 Å². The van der Waals surface area contributed by atoms with Gasteiger partial charge in [0.05, 0.1) is 18.7 Å². The summed E-state index contributed by atoms with van der Waals surface area (Å²) in [6.07, 6.45) is 5.09. The number of methoxy groups -OCH3 is 1. The third-order valence-corrected chi connectivity index (χ3v) is 5.06. The van der Waals surface area contributed by atoms with Crippen LogP contribution < -0.4 is 21.1 Å². The topological polar surface area (TPSA) is 119 Å². The number of amides is 1. The lowest BCUT2D eigenvalue weighted by Gasteiger charge is -2.10. The molecule has 172 valence electrons. The number of carbonyl (C=O) groups excluding carboxylic acids is 1. The lowest BCUT2D eigenvalue weighted by Crippen LogP contribution is -2.15. The fourth-order valence-electron chi connectivity index (χ4n) is 3.37. The van der Waals surface area contributed by atoms with Crippen molar-refractivity contribution in [3.8, 4) is 17.0 Å². The molecule has 4 aromatic rings. The monoisotopic (exact) mass is 447 g/mol. The van der Waals surface area contributed by atoms with Gasteiger partial charge >= 0.3 is 0 Å². The van der Waals surface area contributed by atoms with Gasteiger partial charge in [0, 0.05) is 24.2 Å². The minimum atomic E-state index is -0.317. The van der Waals surface area contributed by atoms with Crippen LogP contribution in [0.2, 0.25) is 0 Å². The van der Waals surface area contributed by atoms with Crippen LogP contribution in [0, 0.1) is 0 Å². The van der Waals surface area contributed by atoms with E-state index in [9.17, 15) is 4.79 Å². The number of rotatable bonds is 6. The maximum atomic E-state index is 12.8. The predicted octanol–water partition coefficient (Wildman–Crippen LogP) is 3.94. The van der Waals surface area contributed by atoms with Crippen LogP contribution in [0.15, 0.2) is 55.0 Å². The van der Waals surface area contributed by atoms with Gasteiger partial charge in [0.15, 0.2) is 0 Å². The number of aromatic nitrogens is 4. The van der Waals surface area contributed by atoms with Crippen molar-refractivity contribution in [2.45, 2.75) is 26.8 Å². The number of hydrogen-bond acceptors (Lipinski definition) is 7. The molecule has 9 nitrogen and oxygen atoms in total. The number of carbonyl (C=O) groups is 1. The van der Waals surface area contributed by atoms with Crippen molar-refractivity contribution < 1.29 is 9.53 Å². The summed E-state index contributed by atoms with van der Waals surface area (Å²) in [4.78, 5) is 25.9. The molecule has 1 aromatic carbocycles. The summed E-state index contributed by atoms with van der Waals surface area (Å²) in [5.41, 5.74) is 8.70. The molecular weight excluding hydrogens is 418 g/mol. The summed E-state index contributed by atoms with van der Waals surface area (Å²) in [7, 11) is 3.39. The number of nitrogens with zero attached hydrogens (tertiary/aromatic N) is 4. The first-order valence-electron chi connectivity index (χ1n) is 10.7. The summed E-state index contributed by atoms with van der Waals surface area (Å²) < 4.78 is 7.43. The molecule has 0 saturated carbocycles. The summed E-state index contributed by atoms with van der Waals surface area (Å²) in [5, 5.41) is 5.97. The zero-order valence-corrected chi connectivity index (χ0v) is 19.5. The van der Waals surface area contributed by atoms with E-state index >= 15 is 0 Å². The quantitative estimate of drug-likeness (QED) is 0.409. The number of nitrogens with one attached hydrogen (secondary N) is 2. The number of pyridine rings is 1. The van der Waals surface area contributed by atoms with Crippen molar-refractivity contribution in [3.63, 3.8) is 0 Å². The third-order valence-electron chi connectivity index (χ3n) is 5.06. The number of benzene rings is 1. The van der Waals surface area contributed by atoms with Crippen LogP contribution in [0.25, 0.3) is 16.8 Å². The second kappa shape index (κ2) is 10.6. The van der Waals surface area contributed by atoms with Gasteiger partial charge in [0.2, 0.25) is 0 Å². The van der Waals surface area contributed by atoms with Crippen molar-refractivity contribution in [1.82, 2.24) is 24.7 Å². The Balaban J connectivity index is 0.00000149. The van der Waals surface area contributed by atoms with Crippen molar-refractivity contribution in [2.24, 2.45) is 0 Å². The number of nitrogens with two attached hydrogens (primary N) is 1. The molecule has 3 aromatic heterocycles. The largest absolute Gasteiger partial charge is 0.496 e. The first kappa shape index (κ1) is 23.7. The van der Waals surface area contributed by atoms with E-state index in [2.05, 4.69) is 20.6 Å². The standard InChI is InChI=1S/C22H23N7O2.C2H6/c1-13(24-2)21-28-18(19-20(23)26-10-11-29(19)21)14-7-8-15(16(12-14)31-3)22(30)27-17-6-4-5-9-25-17;1-2/h4-13,24H,1-3H3,(H2,23,26)(H,25,27,30);1-2H3. The molecule has 33 heavy (non-hydrogen) atoms. The van der Waals surface area contributed by atoms with Crippen molar-refractivity contribution in [3.05, 3.63) is 66.4 Å². The van der Waals surface area contributed by atoms with Gasteiger partial charge < -0.3 is 21.1 Å². The maximum absolute atomic E-state index is 12.8. The molecule has 0 saturated heterocycles. The van der Waals surface area contributed by atoms with Gasteiger partial charge in [-0.3, -0.25) is 9.20 Å². The fraction of sp³-hybridized carbons (Fsp3) is 0.250. The molecule has 3 heterocycles. The average molecular weight is 448 g/mol. The van der Waals surface area contributed by atoms with E-state index in [1.54, 1.807) is 42.7 Å². The molecule has 1 unspecified atom stereocenters. The van der Waals surface area contributed by atoms with Gasteiger partial charge in [-0.2, -0.15) is 0 Å². The molecule has 0 fully saturated rings. The van der Waals surface area contributed by atoms with Gasteiger partial charge in [-0.15, -0.1) is 0 Å². The van der Waals surface area contributed by atoms with E-state index in [1.165, 1.54) is 7.11 Å². The molecule has 0 radical (unpaired) electrons. The van der Waals surface area contributed by atoms with Gasteiger partial charge in [0.1, 0.15) is 34.4 Å². The Morgan fingerprint density at radius 3 is 2.61 bits per heavy atom. The van der Waals surface area contributed by atoms with Gasteiger partial charge in [0.25, 0.3) is 5.91 Å². The molecule has 9 heteroatoms. The molecule has 0 aliphatic carbocycles. The molecule has 4 rings (SSSR count). The highest BCUT2D eigenvalue weighted by molar-refractivity contribution is 6.06. The Morgan fingerprint density at radius 2 is 1.94 bits per heavy atom. The number of fused-ring (bicyclic) bond motifs is 1. The maximum Gasteiger partial charge on any atom is 0.260 e. The lowest BCUT2D eigenvalue weighted by molar-refractivity contribution is 0.102. The summed E-state index contributed by atoms with van der Waals surface area (Å²) in [5.74, 6) is 1.73. The van der Waals surface area contributed by atoms with Crippen LogP contribution in [0.3, 0.4) is 0 Å². The number of anilines is 2. The van der Waals surface area contributed by atoms with E-state index in [0.29, 0.717) is 34.2 Å². The Bertz CT molecular complexity index is 1240. The summed E-state index contributed by atoms with van der Waals surface area (Å²) in [6.45, 7) is 6.01. The Hall–Kier alpha value is -3.98. The number of imidazole rings is 1. The van der Waals surface area contributed by atoms with Crippen LogP contribution in [-0.4, -0.2) is 39.4 Å². The van der Waals surface area contributed by atoms with Crippen LogP contribution in [0.5, 0.6) is 5.75 Å². The van der Waals surface area contributed by atoms with Crippen molar-refractivity contribution in [2.75, 3.05) is 25.2 Å². The molecule has 1 amide bonds. The molecule has 4 N–H and O–H groups in total. The molecule has 1 atom stereocenters. The van der Waals surface area contributed by atoms with E-state index in [0.717, 1.165) is 11.4 Å². The Kier molecular flexibility index (Phi) is 7.57. The highest BCUT2D eigenvalue weighted by Crippen LogP contribution is 2.33. The zero-order chi connectivity index (χ0) is 24.0. The second-order valence-electron chi connectivity index (χ2n) is 6.94. The van der Waals surface area contributed by atoms with Gasteiger partial charge in [-0.25, -0.2) is 15.0 Å². The van der Waals surface area contributed by atoms with E-state index < -0.39 is 0 Å². The van der Waals surface area contributed by atoms with Gasteiger partial charge in [-0.05, 0) is 38.2 Å². The van der Waals surface area contributed by atoms with E-state index in [-0.39, 0.29) is 11.9 Å². The lowest BCUT2D eigenvalue weighted by atomic mass is 10.1. The summed E-state index contributed by atoms with van der Waals surface area (Å²) in [6, 6.07) is 10.6. The second-order valence-corrected chi connectivity index (χ2v) is 6.94. The number of nitrogen functional groups attached to an aromatic ring is 1. The minimum absolute atomic E-state index is 0.00614. The zero-order valence-electron chi connectivity index (χ0n) is 19.5. The van der Waals surface area contributed by atoms with Crippen LogP contribution >= 0.6 is 0 Å². The van der Waals surface area contributed by atoms with Crippen molar-refractivity contribution >= 4 is 23.1 Å². The Morgan fingerprint density at radius 1 is 1.15 bits per heavy atom. The normalized spacial score (nSPS) is 11.4. The predicted molar refractivity (Wildman–Crippen MR) is 130 cm³/mol. The van der Waals surface area contributed by atoms with Crippen LogP contribution in [0.1, 0.15) is 43.0 Å². The number of hydrogen-bond donors (Lipinski definition) is 3. The first-order valence-corrected chi connectivity index (χ1v) is 10.7. The van der Waals surface area contributed by atoms with Crippen LogP contribution in [0.4, 0.5) is 11.6 Å². The minimum Gasteiger partial charge on any atom is -0.496 e. The van der Waals surface area contributed by atoms with Crippen molar-refractivity contribution in [1.29, 1.82) is 0 Å². The first-order chi connectivity index (χ1) is 16.0. The molecule has 0 bridgehead atoms. The molecule has 0 spiro atoms. The Labute approximate surface area is 193 Å². The fourth-order valence-corrected chi connectivity index (χ4v) is 3.37. The van der Waals surface area contributed by atoms with E-state index in [1.807, 2.05) is 44.5 Å². The molecular formula is C24H29N7O2. The SMILES string of the molecule is CC.CNC(C)c1nc(-c2ccc(C(=O)Nc3ccccn3)c(OC)c2)c2c(N)nccn12. The molecule has 0 aliphatic rings. The average Bonchev–Trinajstić information content (AvgIpc) is 3.26. The summed E-state index contributed by atoms with van der Waals surface area (Å²) >= 11 is 0. The highest BCUT2D eigenvalue weighted by Gasteiger charge is 2.21. The third kappa shape index (κ3) is 4.78. The van der Waals surface area contributed by atoms with Gasteiger partial charge in [-0.1, -0.05) is 26.0 Å².